The van der Waals surface area contributed by atoms with Gasteiger partial charge >= 0.3 is 29.6 Å². The van der Waals surface area contributed by atoms with Gasteiger partial charge < -0.3 is 9.66 Å². The van der Waals surface area contributed by atoms with E-state index >= 15 is 0 Å². The summed E-state index contributed by atoms with van der Waals surface area (Å²) in [5.41, 5.74) is 8.60. The Kier molecular flexibility index (Phi) is 7.38. The van der Waals surface area contributed by atoms with Crippen LogP contribution in [-0.2, 0) is 10.1 Å². The Morgan fingerprint density at radius 1 is 1.20 bits per heavy atom. The van der Waals surface area contributed by atoms with Crippen molar-refractivity contribution in [3.05, 3.63) is 70.1 Å². The molecule has 8 nitrogen and oxygen atoms in total. The molecule has 0 amide bonds. The molecule has 0 bridgehead atoms. The van der Waals surface area contributed by atoms with Crippen molar-refractivity contribution in [1.82, 2.24) is 0 Å². The average Bonchev–Trinajstić information content (AvgIpc) is 2.53. The van der Waals surface area contributed by atoms with E-state index < -0.39 is 20.8 Å². The van der Waals surface area contributed by atoms with Crippen LogP contribution in [0, 0.1) is 0 Å². The van der Waals surface area contributed by atoms with Crippen molar-refractivity contribution in [3.8, 4) is 5.75 Å². The molecule has 0 aliphatic carbocycles. The van der Waals surface area contributed by atoms with Gasteiger partial charge in [0.25, 0.3) is 0 Å². The summed E-state index contributed by atoms with van der Waals surface area (Å²) in [5.74, 6) is -0.438. The molecular weight excluding hydrogens is 357 g/mol. The number of nitrogens with zero attached hydrogens (tertiary/aromatic N) is 3. The van der Waals surface area contributed by atoms with Crippen LogP contribution in [0.1, 0.15) is 15.9 Å². The van der Waals surface area contributed by atoms with Gasteiger partial charge in [0.15, 0.2) is 5.78 Å². The van der Waals surface area contributed by atoms with Crippen LogP contribution in [0.4, 0.5) is 5.69 Å². The number of phenolic OH excluding ortho intramolecular Hbond substituents is 1. The standard InChI is InChI=1S/C15H11N3O5S.Na/c16-18-17-12-5-1-11(15(9-12)24(21,22)23)4-8-14(20)10-2-6-13(19)7-3-10;/h1-9,19H,(H,21,22,23);/q;+1/p-1. The zero-order valence-corrected chi connectivity index (χ0v) is 15.8. The first kappa shape index (κ1) is 20.9. The number of hydrogen-bond donors (Lipinski definition) is 1. The number of allylic oxidation sites excluding steroid dienone is 1. The van der Waals surface area contributed by atoms with Gasteiger partial charge in [0, 0.05) is 16.2 Å². The van der Waals surface area contributed by atoms with Crippen LogP contribution in [0.2, 0.25) is 0 Å². The Bertz CT molecular complexity index is 965. The van der Waals surface area contributed by atoms with Crippen LogP contribution in [0.5, 0.6) is 5.75 Å². The molecule has 0 atom stereocenters. The maximum absolute atomic E-state index is 12.0. The van der Waals surface area contributed by atoms with E-state index in [1.54, 1.807) is 0 Å². The first-order valence-corrected chi connectivity index (χ1v) is 7.88. The van der Waals surface area contributed by atoms with E-state index in [1.807, 2.05) is 0 Å². The van der Waals surface area contributed by atoms with E-state index in [9.17, 15) is 22.9 Å². The van der Waals surface area contributed by atoms with Crippen molar-refractivity contribution in [2.45, 2.75) is 4.90 Å². The molecule has 0 heterocycles. The topological polar surface area (TPSA) is 143 Å². The third kappa shape index (κ3) is 5.71. The summed E-state index contributed by atoms with van der Waals surface area (Å²) in [6, 6.07) is 8.99. The molecule has 0 aliphatic rings. The van der Waals surface area contributed by atoms with Crippen molar-refractivity contribution in [3.63, 3.8) is 0 Å². The fraction of sp³-hybridized carbons (Fsp3) is 0. The van der Waals surface area contributed by atoms with Crippen molar-refractivity contribution in [1.29, 1.82) is 0 Å². The average molecular weight is 367 g/mol. The van der Waals surface area contributed by atoms with E-state index in [-0.39, 0.29) is 52.1 Å². The Labute approximate surface area is 165 Å². The number of ketones is 1. The van der Waals surface area contributed by atoms with Gasteiger partial charge in [-0.2, -0.15) is 0 Å². The molecule has 2 aromatic carbocycles. The Morgan fingerprint density at radius 2 is 1.84 bits per heavy atom. The van der Waals surface area contributed by atoms with Gasteiger partial charge in [-0.05, 0) is 53.6 Å². The normalized spacial score (nSPS) is 10.8. The van der Waals surface area contributed by atoms with Gasteiger partial charge in [-0.1, -0.05) is 17.2 Å². The third-order valence-corrected chi connectivity index (χ3v) is 3.88. The number of carbonyl (C=O) groups excluding carboxylic acids is 1. The Hall–Kier alpha value is -2.13. The zero-order valence-electron chi connectivity index (χ0n) is 13.0. The number of phenols is 1. The van der Waals surface area contributed by atoms with Gasteiger partial charge in [-0.25, -0.2) is 8.42 Å². The number of benzene rings is 2. The second-order valence-corrected chi connectivity index (χ2v) is 5.96. The molecule has 0 aromatic heterocycles. The van der Waals surface area contributed by atoms with Crippen LogP contribution in [-0.4, -0.2) is 23.9 Å². The van der Waals surface area contributed by atoms with E-state index in [1.165, 1.54) is 42.5 Å². The van der Waals surface area contributed by atoms with Crippen molar-refractivity contribution in [2.75, 3.05) is 0 Å². The van der Waals surface area contributed by atoms with Crippen LogP contribution in [0.25, 0.3) is 16.5 Å². The molecule has 10 heteroatoms. The van der Waals surface area contributed by atoms with Gasteiger partial charge in [-0.15, -0.1) is 0 Å². The first-order valence-electron chi connectivity index (χ1n) is 6.48. The molecule has 122 valence electrons. The maximum Gasteiger partial charge on any atom is 1.00 e. The monoisotopic (exact) mass is 367 g/mol. The first-order chi connectivity index (χ1) is 11.3. The number of azide groups is 1. The smallest absolute Gasteiger partial charge is 0.744 e. The van der Waals surface area contributed by atoms with Crippen LogP contribution < -0.4 is 29.6 Å². The summed E-state index contributed by atoms with van der Waals surface area (Å²) in [5, 5.41) is 12.4. The summed E-state index contributed by atoms with van der Waals surface area (Å²) in [7, 11) is -4.82. The van der Waals surface area contributed by atoms with E-state index in [0.717, 1.165) is 12.1 Å². The minimum atomic E-state index is -4.82. The van der Waals surface area contributed by atoms with Gasteiger partial charge in [0.1, 0.15) is 15.9 Å². The van der Waals surface area contributed by atoms with Crippen molar-refractivity contribution < 1.29 is 52.4 Å². The molecule has 0 saturated heterocycles. The fourth-order valence-electron chi connectivity index (χ4n) is 1.88. The molecular formula is C15H10N3NaO5S. The van der Waals surface area contributed by atoms with Gasteiger partial charge in [0.05, 0.1) is 4.90 Å². The molecule has 0 radical (unpaired) electrons. The third-order valence-electron chi connectivity index (χ3n) is 2.99. The largest absolute Gasteiger partial charge is 1.00 e. The Balaban J connectivity index is 0.00000312. The summed E-state index contributed by atoms with van der Waals surface area (Å²) in [6.45, 7) is 0. The molecule has 2 aromatic rings. The minimum absolute atomic E-state index is 0. The molecule has 0 unspecified atom stereocenters. The second kappa shape index (κ2) is 8.82. The van der Waals surface area contributed by atoms with Crippen LogP contribution in [0.3, 0.4) is 0 Å². The van der Waals surface area contributed by atoms with Gasteiger partial charge in [-0.3, -0.25) is 4.79 Å². The predicted octanol–water partition coefficient (Wildman–Crippen LogP) is 0.138. The molecule has 0 aliphatic heterocycles. The minimum Gasteiger partial charge on any atom is -0.744 e. The molecule has 1 N–H and O–H groups in total. The molecule has 2 rings (SSSR count). The summed E-state index contributed by atoms with van der Waals surface area (Å²) < 4.78 is 34.0. The van der Waals surface area contributed by atoms with Crippen molar-refractivity contribution >= 4 is 27.7 Å². The predicted molar refractivity (Wildman–Crippen MR) is 84.7 cm³/mol. The SMILES string of the molecule is [N-]=[N+]=Nc1ccc(C=CC(=O)c2ccc(O)cc2)c(S(=O)(=O)[O-])c1.[Na+]. The zero-order chi connectivity index (χ0) is 17.7. The van der Waals surface area contributed by atoms with Crippen LogP contribution >= 0.6 is 0 Å². The van der Waals surface area contributed by atoms with E-state index in [0.29, 0.717) is 0 Å². The summed E-state index contributed by atoms with van der Waals surface area (Å²) in [4.78, 5) is 13.9. The van der Waals surface area contributed by atoms with Gasteiger partial charge in [0.2, 0.25) is 0 Å². The van der Waals surface area contributed by atoms with Crippen LogP contribution in [0.15, 0.2) is 58.6 Å². The Morgan fingerprint density at radius 3 is 2.40 bits per heavy atom. The number of hydrogen-bond acceptors (Lipinski definition) is 6. The number of aromatic hydroxyl groups is 1. The van der Waals surface area contributed by atoms with E-state index in [2.05, 4.69) is 10.0 Å². The molecule has 0 spiro atoms. The second-order valence-electron chi connectivity index (χ2n) is 4.61. The van der Waals surface area contributed by atoms with E-state index in [4.69, 9.17) is 5.53 Å². The summed E-state index contributed by atoms with van der Waals surface area (Å²) in [6.07, 6.45) is 2.28. The fourth-order valence-corrected chi connectivity index (χ4v) is 2.57. The van der Waals surface area contributed by atoms with Crippen molar-refractivity contribution in [2.24, 2.45) is 5.11 Å². The molecule has 25 heavy (non-hydrogen) atoms. The number of carbonyl (C=O) groups is 1. The quantitative estimate of drug-likeness (QED) is 0.152. The summed E-state index contributed by atoms with van der Waals surface area (Å²) >= 11 is 0. The molecule has 0 fully saturated rings. The molecule has 0 saturated carbocycles. The maximum atomic E-state index is 12.0. The number of rotatable bonds is 5.